The van der Waals surface area contributed by atoms with Crippen LogP contribution in [0, 0.1) is 0 Å². The quantitative estimate of drug-likeness (QED) is 0.263. The normalized spacial score (nSPS) is 15.2. The van der Waals surface area contributed by atoms with Gasteiger partial charge in [-0.1, -0.05) is 48.6 Å². The van der Waals surface area contributed by atoms with Crippen LogP contribution in [-0.4, -0.2) is 20.7 Å². The van der Waals surface area contributed by atoms with Crippen molar-refractivity contribution in [3.8, 4) is 0 Å². The third-order valence-corrected chi connectivity index (χ3v) is 7.69. The zero-order valence-electron chi connectivity index (χ0n) is 22.2. The number of fused-ring (bicyclic) bond motifs is 2. The number of rotatable bonds is 6. The summed E-state index contributed by atoms with van der Waals surface area (Å²) < 4.78 is 4.06. The van der Waals surface area contributed by atoms with E-state index >= 15 is 0 Å². The van der Waals surface area contributed by atoms with E-state index in [4.69, 9.17) is 11.5 Å². The summed E-state index contributed by atoms with van der Waals surface area (Å²) in [6.07, 6.45) is 7.39. The van der Waals surface area contributed by atoms with Crippen LogP contribution in [0.2, 0.25) is 0 Å². The molecule has 1 aliphatic carbocycles. The molecule has 0 radical (unpaired) electrons. The van der Waals surface area contributed by atoms with E-state index in [1.54, 1.807) is 0 Å². The maximum atomic E-state index is 13.9. The standard InChI is InChI=1S/C32H32N4O2/c1-7-31(3,4)35-17-21(19-13-9-11-15-23(19)35)25-27(33)30(38)26(28(34)29(25)37)22-18-36(32(5,6)8-2)24-16-12-10-14-20(22)24/h7-18H,1-2,33-34H2,3-6H3. The third kappa shape index (κ3) is 3.48. The largest absolute Gasteiger partial charge is 0.395 e. The Hall–Kier alpha value is -4.58. The molecule has 6 nitrogen and oxygen atoms in total. The minimum Gasteiger partial charge on any atom is -0.395 e. The highest BCUT2D eigenvalue weighted by atomic mass is 16.1. The Bertz CT molecular complexity index is 1620. The van der Waals surface area contributed by atoms with Crippen LogP contribution >= 0.6 is 0 Å². The summed E-state index contributed by atoms with van der Waals surface area (Å²) >= 11 is 0. The van der Waals surface area contributed by atoms with E-state index in [1.807, 2.05) is 110 Å². The van der Waals surface area contributed by atoms with Crippen molar-refractivity contribution >= 4 is 44.5 Å². The summed E-state index contributed by atoms with van der Waals surface area (Å²) in [4.78, 5) is 27.8. The predicted molar refractivity (Wildman–Crippen MR) is 155 cm³/mol. The van der Waals surface area contributed by atoms with Gasteiger partial charge in [0.1, 0.15) is 0 Å². The van der Waals surface area contributed by atoms with Crippen LogP contribution in [0.4, 0.5) is 0 Å². The molecule has 4 aromatic rings. The molecule has 2 heterocycles. The van der Waals surface area contributed by atoms with E-state index in [1.165, 1.54) is 0 Å². The van der Waals surface area contributed by atoms with Gasteiger partial charge in [0.2, 0.25) is 11.6 Å². The van der Waals surface area contributed by atoms with Crippen molar-refractivity contribution < 1.29 is 9.59 Å². The van der Waals surface area contributed by atoms with Crippen LogP contribution in [0.15, 0.2) is 97.6 Å². The topological polar surface area (TPSA) is 96.0 Å². The van der Waals surface area contributed by atoms with Gasteiger partial charge in [-0.3, -0.25) is 9.59 Å². The molecule has 4 N–H and O–H groups in total. The Labute approximate surface area is 222 Å². The number of carbonyl (C=O) groups excluding carboxylic acids is 2. The Kier molecular flexibility index (Phi) is 5.60. The van der Waals surface area contributed by atoms with Crippen LogP contribution in [0.3, 0.4) is 0 Å². The molecule has 192 valence electrons. The van der Waals surface area contributed by atoms with Crippen molar-refractivity contribution in [1.29, 1.82) is 0 Å². The van der Waals surface area contributed by atoms with E-state index in [-0.39, 0.29) is 22.5 Å². The highest BCUT2D eigenvalue weighted by Crippen LogP contribution is 2.40. The maximum Gasteiger partial charge on any atom is 0.212 e. The smallest absolute Gasteiger partial charge is 0.212 e. The zero-order valence-corrected chi connectivity index (χ0v) is 22.2. The number of hydrogen-bond donors (Lipinski definition) is 2. The van der Waals surface area contributed by atoms with Crippen molar-refractivity contribution in [1.82, 2.24) is 9.13 Å². The van der Waals surface area contributed by atoms with Gasteiger partial charge in [-0.25, -0.2) is 0 Å². The van der Waals surface area contributed by atoms with E-state index < -0.39 is 22.6 Å². The molecule has 0 fully saturated rings. The molecule has 2 aromatic carbocycles. The van der Waals surface area contributed by atoms with Gasteiger partial charge in [0.05, 0.1) is 33.6 Å². The molecule has 38 heavy (non-hydrogen) atoms. The van der Waals surface area contributed by atoms with Gasteiger partial charge in [-0.2, -0.15) is 0 Å². The molecule has 6 heteroatoms. The SMILES string of the molecule is C=CC(C)(C)n1cc(C2=C(N)C(=O)C(c3cn(C(C)(C)C=C)c4ccccc34)=C(N)C2=O)c2ccccc21. The number of Topliss-reactive ketones (excluding diaryl/α,β-unsaturated/α-hetero) is 2. The van der Waals surface area contributed by atoms with Gasteiger partial charge in [-0.15, -0.1) is 13.2 Å². The average molecular weight is 505 g/mol. The molecule has 2 aromatic heterocycles. The fourth-order valence-corrected chi connectivity index (χ4v) is 5.18. The first kappa shape index (κ1) is 25.1. The highest BCUT2D eigenvalue weighted by molar-refractivity contribution is 6.48. The Morgan fingerprint density at radius 2 is 1.00 bits per heavy atom. The summed E-state index contributed by atoms with van der Waals surface area (Å²) in [6, 6.07) is 15.4. The Morgan fingerprint density at radius 3 is 1.34 bits per heavy atom. The average Bonchev–Trinajstić information content (AvgIpc) is 3.49. The first-order chi connectivity index (χ1) is 17.9. The lowest BCUT2D eigenvalue weighted by Crippen LogP contribution is -2.30. The van der Waals surface area contributed by atoms with Gasteiger partial charge in [0.15, 0.2) is 0 Å². The van der Waals surface area contributed by atoms with Crippen LogP contribution in [0.1, 0.15) is 38.8 Å². The number of carbonyl (C=O) groups is 2. The molecule has 1 aliphatic rings. The summed E-state index contributed by atoms with van der Waals surface area (Å²) in [5.41, 5.74) is 15.1. The van der Waals surface area contributed by atoms with Gasteiger partial charge < -0.3 is 20.6 Å². The molecule has 0 amide bonds. The minimum absolute atomic E-state index is 0.113. The van der Waals surface area contributed by atoms with Gasteiger partial charge in [0, 0.05) is 45.3 Å². The van der Waals surface area contributed by atoms with Gasteiger partial charge >= 0.3 is 0 Å². The summed E-state index contributed by atoms with van der Waals surface area (Å²) in [5, 5.41) is 1.62. The van der Waals surface area contributed by atoms with Crippen molar-refractivity contribution in [3.05, 3.63) is 109 Å². The van der Waals surface area contributed by atoms with Crippen LogP contribution < -0.4 is 11.5 Å². The van der Waals surface area contributed by atoms with Crippen molar-refractivity contribution in [2.45, 2.75) is 38.8 Å². The van der Waals surface area contributed by atoms with Crippen LogP contribution in [-0.2, 0) is 20.7 Å². The van der Waals surface area contributed by atoms with E-state index in [9.17, 15) is 9.59 Å². The Balaban J connectivity index is 1.74. The number of allylic oxidation sites excluding steroid dienone is 4. The molecule has 0 unspecified atom stereocenters. The van der Waals surface area contributed by atoms with E-state index in [0.717, 1.165) is 21.8 Å². The fraction of sp³-hybridized carbons (Fsp3) is 0.188. The van der Waals surface area contributed by atoms with Crippen LogP contribution in [0.5, 0.6) is 0 Å². The second-order valence-electron chi connectivity index (χ2n) is 10.8. The fourth-order valence-electron chi connectivity index (χ4n) is 5.18. The lowest BCUT2D eigenvalue weighted by Gasteiger charge is -2.24. The number of benzene rings is 2. The number of aromatic nitrogens is 2. The highest BCUT2D eigenvalue weighted by Gasteiger charge is 2.37. The number of nitrogens with two attached hydrogens (primary N) is 2. The Morgan fingerprint density at radius 1 is 0.658 bits per heavy atom. The van der Waals surface area contributed by atoms with E-state index in [2.05, 4.69) is 13.2 Å². The summed E-state index contributed by atoms with van der Waals surface area (Å²) in [6.45, 7) is 16.0. The molecule has 0 bridgehead atoms. The second kappa shape index (κ2) is 8.48. The molecular weight excluding hydrogens is 472 g/mol. The molecule has 0 aliphatic heterocycles. The lowest BCUT2D eigenvalue weighted by atomic mass is 9.84. The number of para-hydroxylation sites is 2. The monoisotopic (exact) mass is 504 g/mol. The predicted octanol–water partition coefficient (Wildman–Crippen LogP) is 5.63. The molecule has 5 rings (SSSR count). The van der Waals surface area contributed by atoms with Crippen molar-refractivity contribution in [2.75, 3.05) is 0 Å². The van der Waals surface area contributed by atoms with Crippen molar-refractivity contribution in [2.24, 2.45) is 11.5 Å². The van der Waals surface area contributed by atoms with Crippen LogP contribution in [0.25, 0.3) is 33.0 Å². The van der Waals surface area contributed by atoms with Gasteiger partial charge in [0.25, 0.3) is 0 Å². The summed E-state index contributed by atoms with van der Waals surface area (Å²) in [7, 11) is 0. The number of hydrogen-bond acceptors (Lipinski definition) is 4. The first-order valence-electron chi connectivity index (χ1n) is 12.5. The first-order valence-corrected chi connectivity index (χ1v) is 12.5. The second-order valence-corrected chi connectivity index (χ2v) is 10.8. The molecule has 0 spiro atoms. The molecule has 0 atom stereocenters. The van der Waals surface area contributed by atoms with E-state index in [0.29, 0.717) is 11.1 Å². The number of nitrogens with zero attached hydrogens (tertiary/aromatic N) is 2. The zero-order chi connectivity index (χ0) is 27.6. The molecule has 0 saturated carbocycles. The lowest BCUT2D eigenvalue weighted by molar-refractivity contribution is -0.113. The molecular formula is C32H32N4O2. The third-order valence-electron chi connectivity index (χ3n) is 7.69. The number of ketones is 2. The molecule has 0 saturated heterocycles. The summed E-state index contributed by atoms with van der Waals surface area (Å²) in [5.74, 6) is -0.924. The van der Waals surface area contributed by atoms with Gasteiger partial charge in [-0.05, 0) is 39.8 Å². The maximum absolute atomic E-state index is 13.9. The minimum atomic E-state index is -0.462. The van der Waals surface area contributed by atoms with Crippen molar-refractivity contribution in [3.63, 3.8) is 0 Å².